The van der Waals surface area contributed by atoms with Crippen LogP contribution in [0.4, 0.5) is 20.2 Å². The lowest BCUT2D eigenvalue weighted by atomic mass is 9.96. The summed E-state index contributed by atoms with van der Waals surface area (Å²) in [7, 11) is 0. The van der Waals surface area contributed by atoms with E-state index < -0.39 is 35.4 Å². The molecule has 0 unspecified atom stereocenters. The van der Waals surface area contributed by atoms with Gasteiger partial charge >= 0.3 is 0 Å². The maximum Gasteiger partial charge on any atom is 0.264 e. The van der Waals surface area contributed by atoms with E-state index in [1.165, 1.54) is 24.5 Å². The molecule has 12 heteroatoms. The zero-order valence-electron chi connectivity index (χ0n) is 18.4. The smallest absolute Gasteiger partial charge is 0.264 e. The van der Waals surface area contributed by atoms with Crippen LogP contribution in [0.2, 0.25) is 0 Å². The first-order chi connectivity index (χ1) is 16.9. The average Bonchev–Trinajstić information content (AvgIpc) is 3.34. The number of anilines is 2. The second-order valence-corrected chi connectivity index (χ2v) is 7.95. The van der Waals surface area contributed by atoms with Crippen molar-refractivity contribution in [3.8, 4) is 0 Å². The van der Waals surface area contributed by atoms with E-state index in [-0.39, 0.29) is 37.3 Å². The van der Waals surface area contributed by atoms with Crippen molar-refractivity contribution in [2.75, 3.05) is 18.5 Å². The molecular weight excluding hydrogens is 462 g/mol. The normalized spacial score (nSPS) is 17.1. The van der Waals surface area contributed by atoms with Gasteiger partial charge in [-0.15, -0.1) is 0 Å². The number of alkyl halides is 1. The summed E-state index contributed by atoms with van der Waals surface area (Å²) in [5, 5.41) is 14.2. The molecule has 0 radical (unpaired) electrons. The van der Waals surface area contributed by atoms with Crippen LogP contribution in [0.1, 0.15) is 28.0 Å². The topological polar surface area (TPSA) is 138 Å². The molecule has 1 aliphatic heterocycles. The Balaban J connectivity index is 1.38. The van der Waals surface area contributed by atoms with Crippen molar-refractivity contribution in [3.63, 3.8) is 0 Å². The van der Waals surface area contributed by atoms with Crippen molar-refractivity contribution in [3.05, 3.63) is 81.8 Å². The fraction of sp³-hybridized carbons (Fsp3) is 0.261. The number of aromatic nitrogens is 3. The molecule has 0 spiro atoms. The van der Waals surface area contributed by atoms with Gasteiger partial charge in [-0.1, -0.05) is 0 Å². The summed E-state index contributed by atoms with van der Waals surface area (Å²) >= 11 is 0. The van der Waals surface area contributed by atoms with Crippen molar-refractivity contribution in [2.24, 2.45) is 0 Å². The Morgan fingerprint density at radius 1 is 1.17 bits per heavy atom. The number of hydrogen-bond donors (Lipinski definition) is 4. The van der Waals surface area contributed by atoms with Crippen LogP contribution in [0.15, 0.2) is 53.6 Å². The molecule has 0 bridgehead atoms. The van der Waals surface area contributed by atoms with Gasteiger partial charge in [0.25, 0.3) is 11.5 Å². The van der Waals surface area contributed by atoms with Crippen LogP contribution in [0, 0.1) is 5.82 Å². The molecule has 2 amide bonds. The fourth-order valence-electron chi connectivity index (χ4n) is 3.58. The van der Waals surface area contributed by atoms with Gasteiger partial charge in [0.1, 0.15) is 18.0 Å². The highest BCUT2D eigenvalue weighted by Gasteiger charge is 2.43. The number of pyridine rings is 1. The van der Waals surface area contributed by atoms with E-state index in [9.17, 15) is 23.2 Å². The number of amides is 2. The molecule has 4 rings (SSSR count). The van der Waals surface area contributed by atoms with Gasteiger partial charge in [-0.3, -0.25) is 19.4 Å². The van der Waals surface area contributed by atoms with E-state index in [0.717, 1.165) is 12.1 Å². The molecule has 3 aromatic rings. The highest BCUT2D eigenvalue weighted by Crippen LogP contribution is 2.23. The van der Waals surface area contributed by atoms with E-state index in [4.69, 9.17) is 4.74 Å². The van der Waals surface area contributed by atoms with Crippen molar-refractivity contribution in [2.45, 2.75) is 25.2 Å². The second-order valence-electron chi connectivity index (χ2n) is 7.95. The molecule has 182 valence electrons. The molecule has 1 fully saturated rings. The summed E-state index contributed by atoms with van der Waals surface area (Å²) in [5.41, 5.74) is -0.117. The van der Waals surface area contributed by atoms with Crippen LogP contribution in [-0.2, 0) is 22.8 Å². The molecule has 1 aromatic carbocycles. The lowest BCUT2D eigenvalue weighted by Crippen LogP contribution is -2.59. The number of nitrogens with one attached hydrogen (secondary N) is 4. The Morgan fingerprint density at radius 3 is 2.71 bits per heavy atom. The summed E-state index contributed by atoms with van der Waals surface area (Å²) in [4.78, 5) is 41.3. The number of carbonyl (C=O) groups excluding carboxylic acids is 2. The van der Waals surface area contributed by atoms with Crippen LogP contribution < -0.4 is 21.5 Å². The molecule has 1 aliphatic rings. The molecule has 35 heavy (non-hydrogen) atoms. The Bertz CT molecular complexity index is 1280. The average molecular weight is 484 g/mol. The van der Waals surface area contributed by atoms with E-state index in [1.54, 1.807) is 12.1 Å². The third kappa shape index (κ3) is 5.66. The van der Waals surface area contributed by atoms with Crippen LogP contribution in [0.25, 0.3) is 0 Å². The van der Waals surface area contributed by atoms with Gasteiger partial charge < -0.3 is 20.7 Å². The van der Waals surface area contributed by atoms with Gasteiger partial charge in [0, 0.05) is 30.3 Å². The monoisotopic (exact) mass is 484 g/mol. The third-order valence-electron chi connectivity index (χ3n) is 5.48. The highest BCUT2D eigenvalue weighted by molar-refractivity contribution is 5.99. The minimum absolute atomic E-state index is 0.0218. The maximum atomic E-state index is 13.3. The number of benzene rings is 1. The molecule has 4 N–H and O–H groups in total. The maximum absolute atomic E-state index is 13.3. The Morgan fingerprint density at radius 2 is 2.03 bits per heavy atom. The molecule has 1 atom stereocenters. The van der Waals surface area contributed by atoms with Crippen molar-refractivity contribution >= 4 is 23.2 Å². The Hall–Kier alpha value is -4.19. The minimum Gasteiger partial charge on any atom is -0.378 e. The van der Waals surface area contributed by atoms with Crippen molar-refractivity contribution in [1.82, 2.24) is 25.8 Å². The SMILES string of the molecule is O=C(N[C@@]1(C(=O)NCc2ccc(Nc3ccc(F)cc3CF)cn2)CCOC1)c1cn[nH]c(=O)c1. The first kappa shape index (κ1) is 24.0. The second kappa shape index (κ2) is 10.4. The molecule has 0 aliphatic carbocycles. The molecular formula is C23H22F2N6O4. The van der Waals surface area contributed by atoms with Crippen LogP contribution in [0.5, 0.6) is 0 Å². The van der Waals surface area contributed by atoms with E-state index in [0.29, 0.717) is 17.1 Å². The number of H-pyrrole nitrogens is 1. The Kier molecular flexibility index (Phi) is 7.11. The number of ether oxygens (including phenoxy) is 1. The lowest BCUT2D eigenvalue weighted by molar-refractivity contribution is -0.127. The Labute approximate surface area is 198 Å². The summed E-state index contributed by atoms with van der Waals surface area (Å²) in [6, 6.07) is 8.23. The molecule has 2 aromatic heterocycles. The predicted octanol–water partition coefficient (Wildman–Crippen LogP) is 1.72. The number of nitrogens with zero attached hydrogens (tertiary/aromatic N) is 2. The van der Waals surface area contributed by atoms with Crippen LogP contribution >= 0.6 is 0 Å². The van der Waals surface area contributed by atoms with E-state index in [2.05, 4.69) is 31.1 Å². The molecule has 0 saturated carbocycles. The van der Waals surface area contributed by atoms with Gasteiger partial charge in [-0.25, -0.2) is 13.9 Å². The van der Waals surface area contributed by atoms with Crippen LogP contribution in [-0.4, -0.2) is 45.7 Å². The molecule has 3 heterocycles. The number of halogens is 2. The first-order valence-corrected chi connectivity index (χ1v) is 10.7. The zero-order chi connectivity index (χ0) is 24.8. The summed E-state index contributed by atoms with van der Waals surface area (Å²) in [6.07, 6.45) is 2.95. The van der Waals surface area contributed by atoms with Crippen molar-refractivity contribution in [1.29, 1.82) is 0 Å². The molecule has 10 nitrogen and oxygen atoms in total. The summed E-state index contributed by atoms with van der Waals surface area (Å²) < 4.78 is 31.8. The zero-order valence-corrected chi connectivity index (χ0v) is 18.4. The van der Waals surface area contributed by atoms with Crippen LogP contribution in [0.3, 0.4) is 0 Å². The third-order valence-corrected chi connectivity index (χ3v) is 5.48. The number of rotatable bonds is 8. The molecule has 1 saturated heterocycles. The van der Waals surface area contributed by atoms with E-state index in [1.807, 2.05) is 0 Å². The fourth-order valence-corrected chi connectivity index (χ4v) is 3.58. The minimum atomic E-state index is -1.30. The number of carbonyl (C=O) groups is 2. The van der Waals surface area contributed by atoms with Gasteiger partial charge in [-0.05, 0) is 30.3 Å². The standard InChI is InChI=1S/C23H22F2N6O4/c24-9-14-7-16(25)1-4-19(14)29-18-3-2-17(26-12-18)11-27-22(34)23(5-6-35-13-23)30-21(33)15-8-20(32)31-28-10-15/h1-4,7-8,10,12,29H,5-6,9,11,13H2,(H,27,34)(H,30,33)(H,31,32)/t23-/m0/s1. The number of aromatic amines is 1. The first-order valence-electron chi connectivity index (χ1n) is 10.7. The summed E-state index contributed by atoms with van der Waals surface area (Å²) in [5.74, 6) is -1.60. The summed E-state index contributed by atoms with van der Waals surface area (Å²) in [6.45, 7) is -0.483. The number of hydrogen-bond acceptors (Lipinski definition) is 7. The van der Waals surface area contributed by atoms with Gasteiger partial charge in [0.2, 0.25) is 5.91 Å². The quantitative estimate of drug-likeness (QED) is 0.382. The highest BCUT2D eigenvalue weighted by atomic mass is 19.1. The predicted molar refractivity (Wildman–Crippen MR) is 121 cm³/mol. The van der Waals surface area contributed by atoms with Gasteiger partial charge in [-0.2, -0.15) is 5.10 Å². The largest absolute Gasteiger partial charge is 0.378 e. The van der Waals surface area contributed by atoms with Gasteiger partial charge in [0.15, 0.2) is 0 Å². The van der Waals surface area contributed by atoms with E-state index >= 15 is 0 Å². The lowest BCUT2D eigenvalue weighted by Gasteiger charge is -2.27. The van der Waals surface area contributed by atoms with Gasteiger partial charge in [0.05, 0.1) is 42.5 Å². The van der Waals surface area contributed by atoms with Crippen molar-refractivity contribution < 1.29 is 23.1 Å².